The standard InChI is InChI=1S/C16H16FNO2S/c17-13-5-3-12(4-6-13)16(19)18-8-7-15(21-11-9-18)14-2-1-10-20-14/h1-6,10,15H,7-9,11H2. The average molecular weight is 305 g/mol. The third-order valence-corrected chi connectivity index (χ3v) is 4.87. The van der Waals surface area contributed by atoms with Crippen molar-refractivity contribution in [2.45, 2.75) is 11.7 Å². The number of rotatable bonds is 2. The van der Waals surface area contributed by atoms with E-state index in [2.05, 4.69) is 0 Å². The van der Waals surface area contributed by atoms with E-state index in [4.69, 9.17) is 4.42 Å². The Morgan fingerprint density at radius 3 is 2.76 bits per heavy atom. The fourth-order valence-corrected chi connectivity index (χ4v) is 3.63. The van der Waals surface area contributed by atoms with Crippen LogP contribution in [0, 0.1) is 5.82 Å². The molecular formula is C16H16FNO2S. The molecule has 0 aliphatic carbocycles. The van der Waals surface area contributed by atoms with Crippen molar-refractivity contribution < 1.29 is 13.6 Å². The smallest absolute Gasteiger partial charge is 0.253 e. The van der Waals surface area contributed by atoms with Gasteiger partial charge in [0, 0.05) is 24.4 Å². The van der Waals surface area contributed by atoms with Gasteiger partial charge in [-0.15, -0.1) is 11.8 Å². The van der Waals surface area contributed by atoms with Crippen molar-refractivity contribution in [3.8, 4) is 0 Å². The molecule has 1 unspecified atom stereocenters. The molecule has 1 aromatic heterocycles. The number of benzene rings is 1. The van der Waals surface area contributed by atoms with Crippen LogP contribution in [0.1, 0.15) is 27.8 Å². The van der Waals surface area contributed by atoms with Crippen molar-refractivity contribution in [1.82, 2.24) is 4.90 Å². The number of hydrogen-bond donors (Lipinski definition) is 0. The molecule has 110 valence electrons. The van der Waals surface area contributed by atoms with E-state index in [9.17, 15) is 9.18 Å². The summed E-state index contributed by atoms with van der Waals surface area (Å²) in [6.45, 7) is 1.40. The molecule has 3 rings (SSSR count). The predicted octanol–water partition coefficient (Wildman–Crippen LogP) is 3.74. The molecule has 1 aliphatic heterocycles. The van der Waals surface area contributed by atoms with Gasteiger partial charge in [0.05, 0.1) is 11.5 Å². The monoisotopic (exact) mass is 305 g/mol. The minimum Gasteiger partial charge on any atom is -0.468 e. The van der Waals surface area contributed by atoms with Gasteiger partial charge in [-0.1, -0.05) is 0 Å². The lowest BCUT2D eigenvalue weighted by atomic mass is 10.1. The molecule has 1 fully saturated rings. The Kier molecular flexibility index (Phi) is 4.29. The second-order valence-corrected chi connectivity index (χ2v) is 6.27. The molecule has 1 aliphatic rings. The first-order valence-electron chi connectivity index (χ1n) is 6.94. The number of carbonyl (C=O) groups excluding carboxylic acids is 1. The summed E-state index contributed by atoms with van der Waals surface area (Å²) in [6, 6.07) is 9.60. The summed E-state index contributed by atoms with van der Waals surface area (Å²) < 4.78 is 18.4. The van der Waals surface area contributed by atoms with Crippen LogP contribution in [0.3, 0.4) is 0 Å². The van der Waals surface area contributed by atoms with Gasteiger partial charge >= 0.3 is 0 Å². The van der Waals surface area contributed by atoms with E-state index >= 15 is 0 Å². The highest BCUT2D eigenvalue weighted by atomic mass is 32.2. The Bertz CT molecular complexity index is 597. The van der Waals surface area contributed by atoms with E-state index < -0.39 is 0 Å². The van der Waals surface area contributed by atoms with Crippen LogP contribution in [0.5, 0.6) is 0 Å². The van der Waals surface area contributed by atoms with Crippen molar-refractivity contribution >= 4 is 17.7 Å². The summed E-state index contributed by atoms with van der Waals surface area (Å²) in [5.41, 5.74) is 0.540. The molecule has 0 spiro atoms. The summed E-state index contributed by atoms with van der Waals surface area (Å²) in [7, 11) is 0. The molecule has 1 aromatic carbocycles. The van der Waals surface area contributed by atoms with Crippen LogP contribution in [-0.4, -0.2) is 29.6 Å². The maximum atomic E-state index is 12.9. The Hall–Kier alpha value is -1.75. The Morgan fingerprint density at radius 2 is 2.05 bits per heavy atom. The largest absolute Gasteiger partial charge is 0.468 e. The Morgan fingerprint density at radius 1 is 1.24 bits per heavy atom. The highest BCUT2D eigenvalue weighted by molar-refractivity contribution is 7.99. The van der Waals surface area contributed by atoms with Crippen molar-refractivity contribution in [3.63, 3.8) is 0 Å². The van der Waals surface area contributed by atoms with Crippen LogP contribution in [-0.2, 0) is 0 Å². The molecule has 2 heterocycles. The Balaban J connectivity index is 1.67. The molecular weight excluding hydrogens is 289 g/mol. The maximum absolute atomic E-state index is 12.9. The molecule has 21 heavy (non-hydrogen) atoms. The molecule has 0 N–H and O–H groups in total. The number of hydrogen-bond acceptors (Lipinski definition) is 3. The van der Waals surface area contributed by atoms with E-state index in [1.54, 1.807) is 18.4 Å². The van der Waals surface area contributed by atoms with E-state index in [1.165, 1.54) is 12.1 Å². The van der Waals surface area contributed by atoms with Crippen molar-refractivity contribution in [2.75, 3.05) is 18.8 Å². The molecule has 2 aromatic rings. The molecule has 0 saturated carbocycles. The van der Waals surface area contributed by atoms with E-state index in [0.29, 0.717) is 23.9 Å². The van der Waals surface area contributed by atoms with Crippen LogP contribution in [0.4, 0.5) is 4.39 Å². The number of halogens is 1. The lowest BCUT2D eigenvalue weighted by molar-refractivity contribution is 0.0766. The summed E-state index contributed by atoms with van der Waals surface area (Å²) in [4.78, 5) is 14.3. The van der Waals surface area contributed by atoms with Crippen LogP contribution < -0.4 is 0 Å². The number of nitrogens with zero attached hydrogens (tertiary/aromatic N) is 1. The molecule has 0 bridgehead atoms. The maximum Gasteiger partial charge on any atom is 0.253 e. The SMILES string of the molecule is O=C(c1ccc(F)cc1)N1CCSC(c2ccco2)CC1. The van der Waals surface area contributed by atoms with E-state index in [0.717, 1.165) is 17.9 Å². The number of amides is 1. The van der Waals surface area contributed by atoms with Crippen LogP contribution >= 0.6 is 11.8 Å². The molecule has 1 saturated heterocycles. The fourth-order valence-electron chi connectivity index (χ4n) is 2.45. The van der Waals surface area contributed by atoms with Gasteiger partial charge in [-0.2, -0.15) is 0 Å². The summed E-state index contributed by atoms with van der Waals surface area (Å²) in [6.07, 6.45) is 2.55. The molecule has 5 heteroatoms. The second-order valence-electron chi connectivity index (χ2n) is 4.96. The quantitative estimate of drug-likeness (QED) is 0.847. The van der Waals surface area contributed by atoms with Crippen molar-refractivity contribution in [3.05, 3.63) is 59.8 Å². The zero-order chi connectivity index (χ0) is 14.7. The number of thioether (sulfide) groups is 1. The van der Waals surface area contributed by atoms with E-state index in [-0.39, 0.29) is 11.7 Å². The first kappa shape index (κ1) is 14.2. The topological polar surface area (TPSA) is 33.5 Å². The molecule has 3 nitrogen and oxygen atoms in total. The van der Waals surface area contributed by atoms with Crippen molar-refractivity contribution in [2.24, 2.45) is 0 Å². The van der Waals surface area contributed by atoms with Gasteiger partial charge < -0.3 is 9.32 Å². The van der Waals surface area contributed by atoms with Gasteiger partial charge in [-0.3, -0.25) is 4.79 Å². The first-order valence-corrected chi connectivity index (χ1v) is 7.99. The van der Waals surface area contributed by atoms with Gasteiger partial charge in [0.15, 0.2) is 0 Å². The fraction of sp³-hybridized carbons (Fsp3) is 0.312. The minimum atomic E-state index is -0.323. The third-order valence-electron chi connectivity index (χ3n) is 3.58. The van der Waals surface area contributed by atoms with Gasteiger partial charge in [-0.05, 0) is 42.8 Å². The lowest BCUT2D eigenvalue weighted by Gasteiger charge is -2.20. The lowest BCUT2D eigenvalue weighted by Crippen LogP contribution is -2.32. The zero-order valence-corrected chi connectivity index (χ0v) is 12.3. The van der Waals surface area contributed by atoms with Crippen LogP contribution in [0.25, 0.3) is 0 Å². The number of furan rings is 1. The third kappa shape index (κ3) is 3.29. The van der Waals surface area contributed by atoms with Gasteiger partial charge in [0.1, 0.15) is 11.6 Å². The van der Waals surface area contributed by atoms with E-state index in [1.807, 2.05) is 28.8 Å². The summed E-state index contributed by atoms with van der Waals surface area (Å²) in [5.74, 6) is 1.49. The number of carbonyl (C=O) groups is 1. The highest BCUT2D eigenvalue weighted by Crippen LogP contribution is 2.34. The predicted molar refractivity (Wildman–Crippen MR) is 80.8 cm³/mol. The van der Waals surface area contributed by atoms with Gasteiger partial charge in [-0.25, -0.2) is 4.39 Å². The Labute approximate surface area is 127 Å². The first-order chi connectivity index (χ1) is 10.2. The summed E-state index contributed by atoms with van der Waals surface area (Å²) in [5, 5.41) is 0.297. The average Bonchev–Trinajstić information content (AvgIpc) is 2.92. The second kappa shape index (κ2) is 6.35. The normalized spacial score (nSPS) is 19.3. The molecule has 1 atom stereocenters. The van der Waals surface area contributed by atoms with Crippen LogP contribution in [0.15, 0.2) is 47.1 Å². The zero-order valence-electron chi connectivity index (χ0n) is 11.5. The van der Waals surface area contributed by atoms with Gasteiger partial charge in [0.25, 0.3) is 5.91 Å². The minimum absolute atomic E-state index is 0.0318. The molecule has 1 amide bonds. The molecule has 0 radical (unpaired) electrons. The van der Waals surface area contributed by atoms with Crippen molar-refractivity contribution in [1.29, 1.82) is 0 Å². The van der Waals surface area contributed by atoms with Crippen LogP contribution in [0.2, 0.25) is 0 Å². The highest BCUT2D eigenvalue weighted by Gasteiger charge is 2.24. The van der Waals surface area contributed by atoms with Gasteiger partial charge in [0.2, 0.25) is 0 Å². The summed E-state index contributed by atoms with van der Waals surface area (Å²) >= 11 is 1.81.